The average molecular weight is 185 g/mol. The first-order chi connectivity index (χ1) is 5.65. The lowest BCUT2D eigenvalue weighted by molar-refractivity contribution is 0.0997. The van der Waals surface area contributed by atoms with E-state index >= 15 is 0 Å². The van der Waals surface area contributed by atoms with Crippen molar-refractivity contribution in [3.8, 4) is 0 Å². The molecule has 4 heteroatoms. The van der Waals surface area contributed by atoms with Gasteiger partial charge >= 0.3 is 0 Å². The monoisotopic (exact) mass is 185 g/mol. The molecule has 12 heavy (non-hydrogen) atoms. The molecule has 2 nitrogen and oxygen atoms in total. The van der Waals surface area contributed by atoms with Gasteiger partial charge in [0.25, 0.3) is 0 Å². The van der Waals surface area contributed by atoms with Gasteiger partial charge in [0.05, 0.1) is 5.56 Å². The van der Waals surface area contributed by atoms with Gasteiger partial charge in [0, 0.05) is 4.90 Å². The van der Waals surface area contributed by atoms with Gasteiger partial charge in [-0.3, -0.25) is 4.79 Å². The number of benzene rings is 1. The van der Waals surface area contributed by atoms with Gasteiger partial charge in [0.2, 0.25) is 5.91 Å². The molecule has 0 aliphatic heterocycles. The first-order valence-electron chi connectivity index (χ1n) is 3.28. The Morgan fingerprint density at radius 2 is 2.25 bits per heavy atom. The zero-order chi connectivity index (χ0) is 9.14. The van der Waals surface area contributed by atoms with E-state index in [0.29, 0.717) is 10.5 Å². The van der Waals surface area contributed by atoms with E-state index in [1.165, 1.54) is 30.0 Å². The van der Waals surface area contributed by atoms with Crippen LogP contribution in [0.15, 0.2) is 23.1 Å². The van der Waals surface area contributed by atoms with Crippen molar-refractivity contribution in [3.05, 3.63) is 29.6 Å². The Bertz CT molecular complexity index is 314. The van der Waals surface area contributed by atoms with E-state index in [-0.39, 0.29) is 5.82 Å². The number of amides is 1. The van der Waals surface area contributed by atoms with Crippen LogP contribution in [0.25, 0.3) is 0 Å². The summed E-state index contributed by atoms with van der Waals surface area (Å²) in [6.07, 6.45) is 1.77. The Labute approximate surface area is 74.0 Å². The van der Waals surface area contributed by atoms with Gasteiger partial charge in [0.15, 0.2) is 0 Å². The summed E-state index contributed by atoms with van der Waals surface area (Å²) in [5, 5.41) is 0. The van der Waals surface area contributed by atoms with Crippen LogP contribution in [-0.2, 0) is 0 Å². The Kier molecular flexibility index (Phi) is 2.70. The molecule has 0 saturated heterocycles. The van der Waals surface area contributed by atoms with E-state index in [0.717, 1.165) is 0 Å². The maximum absolute atomic E-state index is 12.6. The number of thioether (sulfide) groups is 1. The van der Waals surface area contributed by atoms with Crippen LogP contribution in [0.2, 0.25) is 0 Å². The Hall–Kier alpha value is -1.03. The summed E-state index contributed by atoms with van der Waals surface area (Å²) >= 11 is 1.30. The van der Waals surface area contributed by atoms with Crippen LogP contribution in [0.3, 0.4) is 0 Å². The molecule has 0 saturated carbocycles. The van der Waals surface area contributed by atoms with E-state index in [9.17, 15) is 9.18 Å². The minimum Gasteiger partial charge on any atom is -0.366 e. The highest BCUT2D eigenvalue weighted by Crippen LogP contribution is 2.20. The van der Waals surface area contributed by atoms with Gasteiger partial charge in [-0.2, -0.15) is 0 Å². The summed E-state index contributed by atoms with van der Waals surface area (Å²) in [5.41, 5.74) is 5.43. The highest BCUT2D eigenvalue weighted by atomic mass is 32.2. The van der Waals surface area contributed by atoms with Gasteiger partial charge in [0.1, 0.15) is 5.82 Å². The fraction of sp³-hybridized carbons (Fsp3) is 0.125. The molecule has 1 rings (SSSR count). The summed E-state index contributed by atoms with van der Waals surface area (Å²) in [7, 11) is 0. The zero-order valence-electron chi connectivity index (χ0n) is 6.50. The molecule has 0 atom stereocenters. The SMILES string of the molecule is CSc1cc(F)ccc1C(N)=O. The summed E-state index contributed by atoms with van der Waals surface area (Å²) in [4.78, 5) is 11.4. The van der Waals surface area contributed by atoms with Crippen LogP contribution in [0.5, 0.6) is 0 Å². The maximum atomic E-state index is 12.6. The molecule has 1 aromatic carbocycles. The predicted molar refractivity (Wildman–Crippen MR) is 46.7 cm³/mol. The predicted octanol–water partition coefficient (Wildman–Crippen LogP) is 1.65. The van der Waals surface area contributed by atoms with Crippen molar-refractivity contribution in [1.82, 2.24) is 0 Å². The molecule has 0 unspecified atom stereocenters. The smallest absolute Gasteiger partial charge is 0.249 e. The van der Waals surface area contributed by atoms with E-state index in [4.69, 9.17) is 5.73 Å². The number of halogens is 1. The number of hydrogen-bond donors (Lipinski definition) is 1. The molecule has 0 aliphatic carbocycles. The Morgan fingerprint density at radius 1 is 1.58 bits per heavy atom. The van der Waals surface area contributed by atoms with Crippen molar-refractivity contribution in [3.63, 3.8) is 0 Å². The van der Waals surface area contributed by atoms with Crippen LogP contribution < -0.4 is 5.73 Å². The van der Waals surface area contributed by atoms with E-state index in [2.05, 4.69) is 0 Å². The lowest BCUT2D eigenvalue weighted by Gasteiger charge is -2.02. The number of carbonyl (C=O) groups is 1. The topological polar surface area (TPSA) is 43.1 Å². The number of hydrogen-bond acceptors (Lipinski definition) is 2. The normalized spacial score (nSPS) is 9.83. The summed E-state index contributed by atoms with van der Waals surface area (Å²) < 4.78 is 12.6. The minimum atomic E-state index is -0.528. The standard InChI is InChI=1S/C8H8FNOS/c1-12-7-4-5(9)2-3-6(7)8(10)11/h2-4H,1H3,(H2,10,11). The second-order valence-electron chi connectivity index (χ2n) is 2.21. The molecule has 0 radical (unpaired) electrons. The minimum absolute atomic E-state index is 0.357. The lowest BCUT2D eigenvalue weighted by Crippen LogP contribution is -2.12. The largest absolute Gasteiger partial charge is 0.366 e. The molecule has 0 bridgehead atoms. The van der Waals surface area contributed by atoms with Gasteiger partial charge in [-0.25, -0.2) is 4.39 Å². The Balaban J connectivity index is 3.20. The van der Waals surface area contributed by atoms with Gasteiger partial charge in [-0.1, -0.05) is 0 Å². The molecule has 1 amide bonds. The molecule has 0 fully saturated rings. The Morgan fingerprint density at radius 3 is 2.75 bits per heavy atom. The number of nitrogens with two attached hydrogens (primary N) is 1. The van der Waals surface area contributed by atoms with E-state index in [1.54, 1.807) is 6.26 Å². The third-order valence-corrected chi connectivity index (χ3v) is 2.21. The average Bonchev–Trinajstić information content (AvgIpc) is 2.03. The van der Waals surface area contributed by atoms with Crippen LogP contribution in [0.1, 0.15) is 10.4 Å². The van der Waals surface area contributed by atoms with Crippen LogP contribution in [0, 0.1) is 5.82 Å². The van der Waals surface area contributed by atoms with Crippen molar-refractivity contribution < 1.29 is 9.18 Å². The van der Waals surface area contributed by atoms with Gasteiger partial charge in [-0.15, -0.1) is 11.8 Å². The molecule has 0 heterocycles. The molecule has 0 aromatic heterocycles. The lowest BCUT2D eigenvalue weighted by atomic mass is 10.2. The highest BCUT2D eigenvalue weighted by molar-refractivity contribution is 7.98. The second-order valence-corrected chi connectivity index (χ2v) is 3.06. The van der Waals surface area contributed by atoms with E-state index in [1.807, 2.05) is 0 Å². The van der Waals surface area contributed by atoms with Crippen molar-refractivity contribution in [1.29, 1.82) is 0 Å². The molecule has 64 valence electrons. The van der Waals surface area contributed by atoms with Crippen LogP contribution in [0.4, 0.5) is 4.39 Å². The molecular formula is C8H8FNOS. The van der Waals surface area contributed by atoms with Crippen molar-refractivity contribution >= 4 is 17.7 Å². The number of rotatable bonds is 2. The second kappa shape index (κ2) is 3.58. The van der Waals surface area contributed by atoms with Crippen molar-refractivity contribution in [2.75, 3.05) is 6.26 Å². The number of primary amides is 1. The van der Waals surface area contributed by atoms with Crippen molar-refractivity contribution in [2.24, 2.45) is 5.73 Å². The fourth-order valence-corrected chi connectivity index (χ4v) is 1.49. The molecule has 0 aliphatic rings. The highest BCUT2D eigenvalue weighted by Gasteiger charge is 2.07. The summed E-state index contributed by atoms with van der Waals surface area (Å²) in [6.45, 7) is 0. The van der Waals surface area contributed by atoms with Gasteiger partial charge in [-0.05, 0) is 24.5 Å². The molecular weight excluding hydrogens is 177 g/mol. The van der Waals surface area contributed by atoms with Gasteiger partial charge < -0.3 is 5.73 Å². The van der Waals surface area contributed by atoms with E-state index < -0.39 is 5.91 Å². The molecule has 0 spiro atoms. The molecule has 1 aromatic rings. The van der Waals surface area contributed by atoms with Crippen LogP contribution >= 0.6 is 11.8 Å². The maximum Gasteiger partial charge on any atom is 0.249 e. The first kappa shape index (κ1) is 9.06. The fourth-order valence-electron chi connectivity index (χ4n) is 0.869. The molecule has 2 N–H and O–H groups in total. The first-order valence-corrected chi connectivity index (χ1v) is 4.51. The number of carbonyl (C=O) groups excluding carboxylic acids is 1. The van der Waals surface area contributed by atoms with Crippen molar-refractivity contribution in [2.45, 2.75) is 4.90 Å². The zero-order valence-corrected chi connectivity index (χ0v) is 7.32. The quantitative estimate of drug-likeness (QED) is 0.712. The summed E-state index contributed by atoms with van der Waals surface area (Å²) in [5.74, 6) is -0.885. The third-order valence-electron chi connectivity index (χ3n) is 1.43. The van der Waals surface area contributed by atoms with Crippen LogP contribution in [-0.4, -0.2) is 12.2 Å². The summed E-state index contributed by atoms with van der Waals surface area (Å²) in [6, 6.07) is 3.91. The third kappa shape index (κ3) is 1.76.